The summed E-state index contributed by atoms with van der Waals surface area (Å²) in [5.41, 5.74) is 7.02. The van der Waals surface area contributed by atoms with Gasteiger partial charge in [-0.1, -0.05) is 6.07 Å². The molecule has 0 aromatic heterocycles. The average molecular weight is 373 g/mol. The molecule has 0 bridgehead atoms. The van der Waals surface area contributed by atoms with E-state index in [1.807, 2.05) is 0 Å². The topological polar surface area (TPSA) is 142 Å². The lowest BCUT2D eigenvalue weighted by Crippen LogP contribution is -2.19. The van der Waals surface area contributed by atoms with Crippen molar-refractivity contribution >= 4 is 44.0 Å². The summed E-state index contributed by atoms with van der Waals surface area (Å²) in [6, 6.07) is 12.8. The van der Waals surface area contributed by atoms with E-state index in [-0.39, 0.29) is 5.75 Å². The second kappa shape index (κ2) is 6.54. The number of nitrogen functional groups attached to an aromatic ring is 1. The molecule has 0 aliphatic carbocycles. The molecule has 8 nitrogen and oxygen atoms in total. The molecule has 3 aromatic carbocycles. The number of amides is 2. The van der Waals surface area contributed by atoms with Crippen molar-refractivity contribution in [1.82, 2.24) is 0 Å². The zero-order chi connectivity index (χ0) is 18.9. The fourth-order valence-corrected chi connectivity index (χ4v) is 3.00. The quantitative estimate of drug-likeness (QED) is 0.353. The summed E-state index contributed by atoms with van der Waals surface area (Å²) >= 11 is 0. The van der Waals surface area contributed by atoms with E-state index in [2.05, 4.69) is 10.6 Å². The molecule has 3 aromatic rings. The van der Waals surface area contributed by atoms with Crippen LogP contribution in [0.2, 0.25) is 0 Å². The summed E-state index contributed by atoms with van der Waals surface area (Å²) in [7, 11) is -4.47. The largest absolute Gasteiger partial charge is 0.507 e. The van der Waals surface area contributed by atoms with Crippen molar-refractivity contribution < 1.29 is 22.9 Å². The Hall–Kier alpha value is -3.30. The lowest BCUT2D eigenvalue weighted by molar-refractivity contribution is 0.262. The summed E-state index contributed by atoms with van der Waals surface area (Å²) in [4.78, 5) is 11.6. The summed E-state index contributed by atoms with van der Waals surface area (Å²) in [5, 5.41) is 15.8. The Morgan fingerprint density at radius 1 is 0.962 bits per heavy atom. The molecule has 0 atom stereocenters. The number of urea groups is 1. The maximum absolute atomic E-state index is 12.1. The van der Waals surface area contributed by atoms with Gasteiger partial charge in [-0.05, 0) is 47.9 Å². The lowest BCUT2D eigenvalue weighted by Gasteiger charge is -2.10. The number of nitrogens with one attached hydrogen (secondary N) is 2. The van der Waals surface area contributed by atoms with Crippen molar-refractivity contribution in [3.05, 3.63) is 54.6 Å². The summed E-state index contributed by atoms with van der Waals surface area (Å²) in [6.45, 7) is 0. The Bertz CT molecular complexity index is 1110. The number of fused-ring (bicyclic) bond motifs is 1. The summed E-state index contributed by atoms with van der Waals surface area (Å²) < 4.78 is 31.7. The van der Waals surface area contributed by atoms with Gasteiger partial charge in [0.25, 0.3) is 10.1 Å². The molecule has 9 heteroatoms. The van der Waals surface area contributed by atoms with E-state index in [9.17, 15) is 18.3 Å². The number of phenols is 1. The maximum Gasteiger partial charge on any atom is 0.323 e. The monoisotopic (exact) mass is 373 g/mol. The highest BCUT2D eigenvalue weighted by Gasteiger charge is 2.14. The normalized spacial score (nSPS) is 11.3. The number of rotatable bonds is 3. The number of anilines is 3. The second-order valence-corrected chi connectivity index (χ2v) is 6.98. The Morgan fingerprint density at radius 2 is 1.65 bits per heavy atom. The van der Waals surface area contributed by atoms with Crippen LogP contribution in [-0.4, -0.2) is 24.1 Å². The highest BCUT2D eigenvalue weighted by molar-refractivity contribution is 7.85. The van der Waals surface area contributed by atoms with Crippen LogP contribution in [-0.2, 0) is 10.1 Å². The minimum absolute atomic E-state index is 0.300. The zero-order valence-corrected chi connectivity index (χ0v) is 14.1. The van der Waals surface area contributed by atoms with Crippen LogP contribution in [0, 0.1) is 0 Å². The molecule has 0 aliphatic rings. The molecule has 0 aliphatic heterocycles. The molecular weight excluding hydrogens is 358 g/mol. The summed E-state index contributed by atoms with van der Waals surface area (Å²) in [5.74, 6) is -0.300. The molecule has 0 radical (unpaired) electrons. The van der Waals surface area contributed by atoms with Gasteiger partial charge in [0.2, 0.25) is 0 Å². The molecule has 0 fully saturated rings. The Balaban J connectivity index is 1.87. The van der Waals surface area contributed by atoms with Gasteiger partial charge in [-0.25, -0.2) is 4.79 Å². The van der Waals surface area contributed by atoms with Crippen LogP contribution < -0.4 is 16.4 Å². The van der Waals surface area contributed by atoms with Crippen molar-refractivity contribution in [2.45, 2.75) is 4.90 Å². The second-order valence-electron chi connectivity index (χ2n) is 5.56. The van der Waals surface area contributed by atoms with Gasteiger partial charge >= 0.3 is 6.03 Å². The first kappa shape index (κ1) is 17.5. The van der Waals surface area contributed by atoms with Gasteiger partial charge in [0.15, 0.2) is 0 Å². The number of hydrogen-bond acceptors (Lipinski definition) is 5. The molecule has 0 spiro atoms. The molecule has 134 valence electrons. The van der Waals surface area contributed by atoms with Gasteiger partial charge in [-0.2, -0.15) is 8.42 Å². The van der Waals surface area contributed by atoms with Gasteiger partial charge in [0.05, 0.1) is 4.90 Å². The first-order valence-electron chi connectivity index (χ1n) is 7.40. The Kier molecular flexibility index (Phi) is 4.41. The van der Waals surface area contributed by atoms with Gasteiger partial charge in [-0.15, -0.1) is 0 Å². The third kappa shape index (κ3) is 3.85. The number of aromatic hydroxyl groups is 1. The Labute approximate surface area is 149 Å². The molecule has 0 saturated heterocycles. The van der Waals surface area contributed by atoms with Crippen molar-refractivity contribution in [2.24, 2.45) is 0 Å². The van der Waals surface area contributed by atoms with Crippen LogP contribution in [0.5, 0.6) is 5.75 Å². The zero-order valence-electron chi connectivity index (χ0n) is 13.3. The van der Waals surface area contributed by atoms with E-state index in [1.54, 1.807) is 30.3 Å². The number of benzene rings is 3. The fourth-order valence-electron chi connectivity index (χ4n) is 2.46. The fraction of sp³-hybridized carbons (Fsp3) is 0. The number of carbonyl (C=O) groups is 1. The third-order valence-electron chi connectivity index (χ3n) is 3.60. The predicted molar refractivity (Wildman–Crippen MR) is 98.9 cm³/mol. The highest BCUT2D eigenvalue weighted by atomic mass is 32.2. The molecular formula is C17H15N3O5S. The average Bonchev–Trinajstić information content (AvgIpc) is 2.53. The number of phenolic OH excluding ortho intramolecular Hbond substituents is 1. The summed E-state index contributed by atoms with van der Waals surface area (Å²) in [6.07, 6.45) is 0. The molecule has 6 N–H and O–H groups in total. The molecule has 0 heterocycles. The number of nitrogens with two attached hydrogens (primary N) is 1. The smallest absolute Gasteiger partial charge is 0.323 e. The standard InChI is InChI=1S/C17H15N3O5S/c18-11-2-1-3-12(8-11)19-17(22)20-13-4-5-15-10(6-13)7-14(9-16(15)21)26(23,24)25/h1-9,21H,18H2,(H2,19,20,22)(H,23,24,25). The number of hydrogen-bond donors (Lipinski definition) is 5. The van der Waals surface area contributed by atoms with Gasteiger partial charge in [0.1, 0.15) is 5.75 Å². The molecule has 0 unspecified atom stereocenters. The van der Waals surface area contributed by atoms with E-state index < -0.39 is 21.0 Å². The van der Waals surface area contributed by atoms with Gasteiger partial charge in [0, 0.05) is 28.5 Å². The predicted octanol–water partition coefficient (Wildman–Crippen LogP) is 3.02. The first-order valence-corrected chi connectivity index (χ1v) is 8.84. The van der Waals surface area contributed by atoms with Gasteiger partial charge < -0.3 is 21.5 Å². The van der Waals surface area contributed by atoms with Crippen LogP contribution >= 0.6 is 0 Å². The van der Waals surface area contributed by atoms with Gasteiger partial charge in [-0.3, -0.25) is 4.55 Å². The lowest BCUT2D eigenvalue weighted by atomic mass is 10.1. The minimum Gasteiger partial charge on any atom is -0.507 e. The van der Waals surface area contributed by atoms with Crippen LogP contribution in [0.25, 0.3) is 10.8 Å². The minimum atomic E-state index is -4.47. The van der Waals surface area contributed by atoms with Crippen LogP contribution in [0.3, 0.4) is 0 Å². The van der Waals surface area contributed by atoms with E-state index in [4.69, 9.17) is 10.3 Å². The molecule has 26 heavy (non-hydrogen) atoms. The highest BCUT2D eigenvalue weighted by Crippen LogP contribution is 2.30. The van der Waals surface area contributed by atoms with Crippen LogP contribution in [0.4, 0.5) is 21.9 Å². The number of carbonyl (C=O) groups excluding carboxylic acids is 1. The first-order chi connectivity index (χ1) is 12.2. The maximum atomic E-state index is 12.1. The molecule has 0 saturated carbocycles. The van der Waals surface area contributed by atoms with E-state index in [0.29, 0.717) is 27.8 Å². The van der Waals surface area contributed by atoms with Crippen LogP contribution in [0.1, 0.15) is 0 Å². The van der Waals surface area contributed by atoms with Crippen molar-refractivity contribution in [3.63, 3.8) is 0 Å². The molecule has 3 rings (SSSR count). The molecule has 2 amide bonds. The van der Waals surface area contributed by atoms with Crippen molar-refractivity contribution in [3.8, 4) is 5.75 Å². The van der Waals surface area contributed by atoms with Crippen molar-refractivity contribution in [1.29, 1.82) is 0 Å². The van der Waals surface area contributed by atoms with Crippen LogP contribution in [0.15, 0.2) is 59.5 Å². The van der Waals surface area contributed by atoms with E-state index in [0.717, 1.165) is 6.07 Å². The Morgan fingerprint density at radius 3 is 2.31 bits per heavy atom. The van der Waals surface area contributed by atoms with E-state index >= 15 is 0 Å². The van der Waals surface area contributed by atoms with Crippen molar-refractivity contribution in [2.75, 3.05) is 16.4 Å². The third-order valence-corrected chi connectivity index (χ3v) is 4.44. The SMILES string of the molecule is Nc1cccc(NC(=O)Nc2ccc3c(O)cc(S(=O)(=O)O)cc3c2)c1. The van der Waals surface area contributed by atoms with E-state index in [1.165, 1.54) is 18.2 Å².